The minimum atomic E-state index is -0.964. The van der Waals surface area contributed by atoms with Gasteiger partial charge in [0, 0.05) is 49.7 Å². The van der Waals surface area contributed by atoms with E-state index in [0.717, 1.165) is 35.2 Å². The molecular weight excluding hydrogens is 703 g/mol. The number of aliphatic hydroxyl groups excluding tert-OH is 1. The van der Waals surface area contributed by atoms with Crippen LogP contribution in [-0.4, -0.2) is 53.0 Å². The smallest absolute Gasteiger partial charge is 0.248 e. The van der Waals surface area contributed by atoms with Crippen LogP contribution in [0.2, 0.25) is 0 Å². The molecule has 7 rings (SSSR count). The number of carbonyl (C=O) groups excluding carboxylic acids is 2. The molecule has 0 bridgehead atoms. The summed E-state index contributed by atoms with van der Waals surface area (Å²) in [7, 11) is 0. The molecule has 1 aliphatic heterocycles. The minimum absolute atomic E-state index is 0.0367. The van der Waals surface area contributed by atoms with E-state index < -0.39 is 11.5 Å². The lowest BCUT2D eigenvalue weighted by molar-refractivity contribution is -0.124. The van der Waals surface area contributed by atoms with Crippen molar-refractivity contribution < 1.29 is 19.4 Å². The number of nitrogens with zero attached hydrogens (tertiary/aromatic N) is 1. The lowest BCUT2D eigenvalue weighted by Crippen LogP contribution is -2.49. The summed E-state index contributed by atoms with van der Waals surface area (Å²) in [5.74, 6) is 0.0541. The first-order valence-electron chi connectivity index (χ1n) is 19.0. The lowest BCUT2D eigenvalue weighted by atomic mass is 9.64. The predicted octanol–water partition coefficient (Wildman–Crippen LogP) is 6.05. The highest BCUT2D eigenvalue weighted by Gasteiger charge is 2.49. The van der Waals surface area contributed by atoms with E-state index in [1.54, 1.807) is 12.1 Å². The van der Waals surface area contributed by atoms with E-state index >= 15 is 0 Å². The van der Waals surface area contributed by atoms with Gasteiger partial charge < -0.3 is 36.1 Å². The molecule has 286 valence electrons. The van der Waals surface area contributed by atoms with Crippen molar-refractivity contribution in [2.45, 2.75) is 37.5 Å². The summed E-state index contributed by atoms with van der Waals surface area (Å²) < 4.78 is 6.04. The minimum Gasteiger partial charge on any atom is -0.487 e. The zero-order chi connectivity index (χ0) is 38.9. The van der Waals surface area contributed by atoms with E-state index in [-0.39, 0.29) is 29.8 Å². The van der Waals surface area contributed by atoms with Crippen molar-refractivity contribution in [3.63, 3.8) is 0 Å². The number of benzene rings is 5. The Morgan fingerprint density at radius 1 is 0.839 bits per heavy atom. The SMILES string of the molecule is NC(=O)C(c1ccccc1)(c1ccccc1)[C@@H]1CCN(CCC(=O)Nc2ccc(CNC[C@H](O)c3ccc(OCc4ccccc4)c4[nH]c(=O)ccc34)cc2)C1. The van der Waals surface area contributed by atoms with Crippen molar-refractivity contribution in [2.75, 3.05) is 31.5 Å². The number of nitrogens with one attached hydrogen (secondary N) is 3. The second kappa shape index (κ2) is 17.6. The van der Waals surface area contributed by atoms with E-state index in [4.69, 9.17) is 10.5 Å². The third kappa shape index (κ3) is 8.58. The van der Waals surface area contributed by atoms with Crippen LogP contribution in [0.5, 0.6) is 5.75 Å². The van der Waals surface area contributed by atoms with Crippen molar-refractivity contribution in [3.8, 4) is 5.75 Å². The number of primary amides is 1. The quantitative estimate of drug-likeness (QED) is 0.0809. The molecule has 10 nitrogen and oxygen atoms in total. The number of hydrogen-bond donors (Lipinski definition) is 5. The van der Waals surface area contributed by atoms with E-state index in [1.165, 1.54) is 6.07 Å². The first kappa shape index (κ1) is 38.2. The number of nitrogens with two attached hydrogens (primary N) is 1. The number of rotatable bonds is 16. The zero-order valence-corrected chi connectivity index (χ0v) is 31.2. The molecule has 0 spiro atoms. The van der Waals surface area contributed by atoms with Gasteiger partial charge in [-0.05, 0) is 71.0 Å². The third-order valence-corrected chi connectivity index (χ3v) is 10.8. The summed E-state index contributed by atoms with van der Waals surface area (Å²) in [5, 5.41) is 18.2. The van der Waals surface area contributed by atoms with E-state index in [2.05, 4.69) is 20.5 Å². The van der Waals surface area contributed by atoms with Gasteiger partial charge in [-0.25, -0.2) is 0 Å². The molecule has 1 fully saturated rings. The molecule has 0 radical (unpaired) electrons. The highest BCUT2D eigenvalue weighted by molar-refractivity contribution is 5.92. The molecule has 56 heavy (non-hydrogen) atoms. The number of carbonyl (C=O) groups is 2. The number of ether oxygens (including phenoxy) is 1. The number of pyridine rings is 1. The molecule has 0 aliphatic carbocycles. The van der Waals surface area contributed by atoms with Crippen LogP contribution < -0.4 is 26.7 Å². The Morgan fingerprint density at radius 2 is 1.50 bits per heavy atom. The maximum atomic E-state index is 13.4. The summed E-state index contributed by atoms with van der Waals surface area (Å²) in [6.45, 7) is 3.13. The predicted molar refractivity (Wildman–Crippen MR) is 219 cm³/mol. The number of aromatic nitrogens is 1. The van der Waals surface area contributed by atoms with Gasteiger partial charge in [0.05, 0.1) is 11.6 Å². The molecular formula is C46H47N5O5. The second-order valence-corrected chi connectivity index (χ2v) is 14.4. The Hall–Kier alpha value is -6.07. The van der Waals surface area contributed by atoms with Crippen LogP contribution in [0.15, 0.2) is 144 Å². The van der Waals surface area contributed by atoms with Crippen molar-refractivity contribution in [3.05, 3.63) is 178 Å². The maximum absolute atomic E-state index is 13.4. The molecule has 2 heterocycles. The topological polar surface area (TPSA) is 150 Å². The van der Waals surface area contributed by atoms with Gasteiger partial charge in [-0.1, -0.05) is 109 Å². The van der Waals surface area contributed by atoms with Gasteiger partial charge in [-0.2, -0.15) is 0 Å². The fourth-order valence-electron chi connectivity index (χ4n) is 7.96. The summed E-state index contributed by atoms with van der Waals surface area (Å²) in [5.41, 5.74) is 10.7. The molecule has 6 aromatic rings. The summed E-state index contributed by atoms with van der Waals surface area (Å²) in [6, 6.07) is 43.8. The van der Waals surface area contributed by atoms with Crippen molar-refractivity contribution in [1.82, 2.24) is 15.2 Å². The Kier molecular flexibility index (Phi) is 12.0. The fraction of sp³-hybridized carbons (Fsp3) is 0.239. The Balaban J connectivity index is 0.900. The highest BCUT2D eigenvalue weighted by atomic mass is 16.5. The number of aromatic amines is 1. The first-order valence-corrected chi connectivity index (χ1v) is 19.0. The summed E-state index contributed by atoms with van der Waals surface area (Å²) in [4.78, 5) is 43.7. The molecule has 2 amide bonds. The van der Waals surface area contributed by atoms with E-state index in [0.29, 0.717) is 60.6 Å². The van der Waals surface area contributed by atoms with Crippen LogP contribution in [-0.2, 0) is 28.2 Å². The number of amides is 2. The third-order valence-electron chi connectivity index (χ3n) is 10.8. The normalized spacial score (nSPS) is 15.1. The van der Waals surface area contributed by atoms with Crippen LogP contribution in [0, 0.1) is 5.92 Å². The largest absolute Gasteiger partial charge is 0.487 e. The molecule has 6 N–H and O–H groups in total. The van der Waals surface area contributed by atoms with Crippen LogP contribution in [0.25, 0.3) is 10.9 Å². The van der Waals surface area contributed by atoms with Crippen LogP contribution in [0.4, 0.5) is 5.69 Å². The zero-order valence-electron chi connectivity index (χ0n) is 31.2. The van der Waals surface area contributed by atoms with Gasteiger partial charge >= 0.3 is 0 Å². The van der Waals surface area contributed by atoms with Gasteiger partial charge in [0.2, 0.25) is 17.4 Å². The number of fused-ring (bicyclic) bond motifs is 1. The molecule has 0 unspecified atom stereocenters. The van der Waals surface area contributed by atoms with Gasteiger partial charge in [-0.3, -0.25) is 14.4 Å². The van der Waals surface area contributed by atoms with Crippen LogP contribution >= 0.6 is 0 Å². The lowest BCUT2D eigenvalue weighted by Gasteiger charge is -2.37. The molecule has 2 atom stereocenters. The Morgan fingerprint density at radius 3 is 2.16 bits per heavy atom. The monoisotopic (exact) mass is 749 g/mol. The Bertz CT molecular complexity index is 2260. The molecule has 1 aromatic heterocycles. The molecule has 1 aliphatic rings. The average Bonchev–Trinajstić information content (AvgIpc) is 3.70. The molecule has 10 heteroatoms. The van der Waals surface area contributed by atoms with Gasteiger partial charge in [-0.15, -0.1) is 0 Å². The standard InChI is InChI=1S/C46H47N5O5/c47-45(55)46(34-12-6-2-7-13-34,35-14-8-3-9-15-35)36-24-26-51(30-36)27-25-43(54)49-37-18-16-32(17-19-37)28-48-29-40(52)38-20-22-41(44-39(38)21-23-42(53)50-44)56-31-33-10-4-1-5-11-33/h1-23,36,40,48,52H,24-31H2,(H2,47,55)(H,49,54)(H,50,53)/t36-,40+/m1/s1. The van der Waals surface area contributed by atoms with E-state index in [9.17, 15) is 19.5 Å². The second-order valence-electron chi connectivity index (χ2n) is 14.4. The first-order chi connectivity index (χ1) is 27.3. The molecule has 5 aromatic carbocycles. The summed E-state index contributed by atoms with van der Waals surface area (Å²) >= 11 is 0. The van der Waals surface area contributed by atoms with Gasteiger partial charge in [0.25, 0.3) is 0 Å². The number of aliphatic hydroxyl groups is 1. The van der Waals surface area contributed by atoms with Crippen molar-refractivity contribution in [1.29, 1.82) is 0 Å². The highest BCUT2D eigenvalue weighted by Crippen LogP contribution is 2.43. The van der Waals surface area contributed by atoms with Crippen molar-refractivity contribution in [2.24, 2.45) is 11.7 Å². The van der Waals surface area contributed by atoms with Crippen LogP contribution in [0.1, 0.15) is 46.8 Å². The molecule has 0 saturated carbocycles. The number of hydrogen-bond acceptors (Lipinski definition) is 7. The van der Waals surface area contributed by atoms with Crippen molar-refractivity contribution >= 4 is 28.4 Å². The summed E-state index contributed by atoms with van der Waals surface area (Å²) in [6.07, 6.45) is 0.269. The maximum Gasteiger partial charge on any atom is 0.248 e. The number of likely N-dealkylation sites (tertiary alicyclic amines) is 1. The van der Waals surface area contributed by atoms with Gasteiger partial charge in [0.1, 0.15) is 17.8 Å². The Labute approximate surface area is 326 Å². The van der Waals surface area contributed by atoms with Crippen LogP contribution in [0.3, 0.4) is 0 Å². The molecule has 1 saturated heterocycles. The number of anilines is 1. The fourth-order valence-corrected chi connectivity index (χ4v) is 7.96. The van der Waals surface area contributed by atoms with E-state index in [1.807, 2.05) is 121 Å². The van der Waals surface area contributed by atoms with Gasteiger partial charge in [0.15, 0.2) is 0 Å². The number of H-pyrrole nitrogens is 1. The average molecular weight is 750 g/mol.